The molecule has 0 aliphatic heterocycles. The molecule has 1 fully saturated rings. The van der Waals surface area contributed by atoms with Crippen molar-refractivity contribution in [3.8, 4) is 0 Å². The SMILES string of the molecule is CN(C)C(=O)Cn1ccc2ccc(C(=O)OC3CCCCC3)cc21. The first-order chi connectivity index (χ1) is 11.5. The number of nitrogens with zero attached hydrogens (tertiary/aromatic N) is 2. The fourth-order valence-corrected chi connectivity index (χ4v) is 3.14. The lowest BCUT2D eigenvalue weighted by molar-refractivity contribution is -0.129. The van der Waals surface area contributed by atoms with Gasteiger partial charge in [-0.2, -0.15) is 0 Å². The summed E-state index contributed by atoms with van der Waals surface area (Å²) >= 11 is 0. The van der Waals surface area contributed by atoms with Gasteiger partial charge in [0.05, 0.1) is 5.56 Å². The Bertz CT molecular complexity index is 742. The minimum atomic E-state index is -0.268. The van der Waals surface area contributed by atoms with Gasteiger partial charge in [0.25, 0.3) is 0 Å². The number of carbonyl (C=O) groups excluding carboxylic acids is 2. The Hall–Kier alpha value is -2.30. The molecule has 5 nitrogen and oxygen atoms in total. The van der Waals surface area contributed by atoms with E-state index in [4.69, 9.17) is 4.74 Å². The molecule has 1 aromatic heterocycles. The molecule has 0 spiro atoms. The van der Waals surface area contributed by atoms with Gasteiger partial charge < -0.3 is 14.2 Å². The third-order valence-corrected chi connectivity index (χ3v) is 4.64. The highest BCUT2D eigenvalue weighted by Crippen LogP contribution is 2.23. The van der Waals surface area contributed by atoms with Crippen molar-refractivity contribution >= 4 is 22.8 Å². The molecule has 1 aliphatic carbocycles. The summed E-state index contributed by atoms with van der Waals surface area (Å²) in [4.78, 5) is 25.9. The van der Waals surface area contributed by atoms with Crippen LogP contribution in [0.15, 0.2) is 30.5 Å². The van der Waals surface area contributed by atoms with Crippen molar-refractivity contribution in [1.82, 2.24) is 9.47 Å². The van der Waals surface area contributed by atoms with Crippen molar-refractivity contribution in [2.75, 3.05) is 14.1 Å². The Labute approximate surface area is 142 Å². The van der Waals surface area contributed by atoms with E-state index in [0.717, 1.165) is 36.6 Å². The summed E-state index contributed by atoms with van der Waals surface area (Å²) in [6.07, 6.45) is 7.34. The first kappa shape index (κ1) is 16.6. The van der Waals surface area contributed by atoms with Gasteiger partial charge in [0.2, 0.25) is 5.91 Å². The summed E-state index contributed by atoms with van der Waals surface area (Å²) in [6, 6.07) is 7.48. The summed E-state index contributed by atoms with van der Waals surface area (Å²) in [7, 11) is 3.47. The molecule has 0 radical (unpaired) electrons. The molecule has 0 bridgehead atoms. The number of carbonyl (C=O) groups is 2. The van der Waals surface area contributed by atoms with E-state index in [9.17, 15) is 9.59 Å². The second kappa shape index (κ2) is 7.07. The van der Waals surface area contributed by atoms with Crippen LogP contribution in [0.2, 0.25) is 0 Å². The van der Waals surface area contributed by atoms with E-state index in [1.807, 2.05) is 29.0 Å². The standard InChI is InChI=1S/C19H24N2O3/c1-20(2)18(22)13-21-11-10-14-8-9-15(12-17(14)21)19(23)24-16-6-4-3-5-7-16/h8-12,16H,3-7,13H2,1-2H3. The van der Waals surface area contributed by atoms with Gasteiger partial charge in [-0.05, 0) is 49.3 Å². The topological polar surface area (TPSA) is 51.5 Å². The molecule has 24 heavy (non-hydrogen) atoms. The number of hydrogen-bond acceptors (Lipinski definition) is 3. The van der Waals surface area contributed by atoms with E-state index in [0.29, 0.717) is 5.56 Å². The lowest BCUT2D eigenvalue weighted by atomic mass is 9.98. The van der Waals surface area contributed by atoms with Crippen LogP contribution in [0.3, 0.4) is 0 Å². The zero-order valence-electron chi connectivity index (χ0n) is 14.3. The van der Waals surface area contributed by atoms with Crippen LogP contribution >= 0.6 is 0 Å². The summed E-state index contributed by atoms with van der Waals surface area (Å²) in [6.45, 7) is 0.262. The van der Waals surface area contributed by atoms with Crippen molar-refractivity contribution in [3.05, 3.63) is 36.0 Å². The van der Waals surface area contributed by atoms with Crippen LogP contribution in [0.1, 0.15) is 42.5 Å². The monoisotopic (exact) mass is 328 g/mol. The highest BCUT2D eigenvalue weighted by molar-refractivity contribution is 5.95. The first-order valence-corrected chi connectivity index (χ1v) is 8.54. The van der Waals surface area contributed by atoms with Crippen LogP contribution in [-0.2, 0) is 16.1 Å². The number of likely N-dealkylation sites (N-methyl/N-ethyl adjacent to an activating group) is 1. The number of ether oxygens (including phenoxy) is 1. The van der Waals surface area contributed by atoms with Gasteiger partial charge in [-0.1, -0.05) is 12.5 Å². The fourth-order valence-electron chi connectivity index (χ4n) is 3.14. The summed E-state index contributed by atoms with van der Waals surface area (Å²) in [5.41, 5.74) is 1.42. The largest absolute Gasteiger partial charge is 0.459 e. The number of hydrogen-bond donors (Lipinski definition) is 0. The highest BCUT2D eigenvalue weighted by atomic mass is 16.5. The average Bonchev–Trinajstić information content (AvgIpc) is 2.98. The van der Waals surface area contributed by atoms with Gasteiger partial charge in [0, 0.05) is 25.8 Å². The number of esters is 1. The molecule has 0 atom stereocenters. The molecule has 0 saturated heterocycles. The van der Waals surface area contributed by atoms with Gasteiger partial charge in [-0.3, -0.25) is 4.79 Å². The molecule has 0 N–H and O–H groups in total. The van der Waals surface area contributed by atoms with E-state index < -0.39 is 0 Å². The van der Waals surface area contributed by atoms with Gasteiger partial charge >= 0.3 is 5.97 Å². The average molecular weight is 328 g/mol. The molecule has 1 heterocycles. The van der Waals surface area contributed by atoms with Crippen LogP contribution in [0.25, 0.3) is 10.9 Å². The first-order valence-electron chi connectivity index (χ1n) is 8.54. The van der Waals surface area contributed by atoms with Crippen molar-refractivity contribution < 1.29 is 14.3 Å². The molecule has 128 valence electrons. The smallest absolute Gasteiger partial charge is 0.338 e. The second-order valence-electron chi connectivity index (χ2n) is 6.67. The van der Waals surface area contributed by atoms with Crippen molar-refractivity contribution in [3.63, 3.8) is 0 Å². The molecular formula is C19H24N2O3. The number of fused-ring (bicyclic) bond motifs is 1. The number of amides is 1. The lowest BCUT2D eigenvalue weighted by Crippen LogP contribution is -2.26. The van der Waals surface area contributed by atoms with Crippen molar-refractivity contribution in [1.29, 1.82) is 0 Å². The Morgan fingerprint density at radius 2 is 1.92 bits per heavy atom. The quantitative estimate of drug-likeness (QED) is 0.810. The molecule has 1 amide bonds. The molecule has 3 rings (SSSR count). The number of benzene rings is 1. The molecule has 1 saturated carbocycles. The number of aromatic nitrogens is 1. The van der Waals surface area contributed by atoms with E-state index in [-0.39, 0.29) is 24.5 Å². The third-order valence-electron chi connectivity index (χ3n) is 4.64. The predicted molar refractivity (Wildman–Crippen MR) is 92.9 cm³/mol. The molecule has 5 heteroatoms. The summed E-state index contributed by atoms with van der Waals surface area (Å²) in [5, 5.41) is 1.01. The Morgan fingerprint density at radius 1 is 1.17 bits per heavy atom. The second-order valence-corrected chi connectivity index (χ2v) is 6.67. The normalized spacial score (nSPS) is 15.4. The van der Waals surface area contributed by atoms with Gasteiger partial charge in [0.15, 0.2) is 0 Å². The van der Waals surface area contributed by atoms with Crippen LogP contribution in [0.5, 0.6) is 0 Å². The highest BCUT2D eigenvalue weighted by Gasteiger charge is 2.19. The zero-order chi connectivity index (χ0) is 17.1. The Morgan fingerprint density at radius 3 is 2.62 bits per heavy atom. The maximum Gasteiger partial charge on any atom is 0.338 e. The molecule has 0 unspecified atom stereocenters. The minimum absolute atomic E-state index is 0.0164. The van der Waals surface area contributed by atoms with E-state index >= 15 is 0 Å². The van der Waals surface area contributed by atoms with Crippen LogP contribution in [-0.4, -0.2) is 41.5 Å². The van der Waals surface area contributed by atoms with Crippen molar-refractivity contribution in [2.45, 2.75) is 44.8 Å². The van der Waals surface area contributed by atoms with Gasteiger partial charge in [0.1, 0.15) is 12.6 Å². The lowest BCUT2D eigenvalue weighted by Gasteiger charge is -2.21. The Balaban J connectivity index is 1.79. The summed E-state index contributed by atoms with van der Waals surface area (Å²) < 4.78 is 7.51. The maximum atomic E-state index is 12.4. The molecule has 1 aliphatic rings. The van der Waals surface area contributed by atoms with Crippen LogP contribution < -0.4 is 0 Å². The third kappa shape index (κ3) is 3.61. The van der Waals surface area contributed by atoms with E-state index in [1.54, 1.807) is 25.1 Å². The molecule has 1 aromatic carbocycles. The maximum absolute atomic E-state index is 12.4. The van der Waals surface area contributed by atoms with Crippen LogP contribution in [0.4, 0.5) is 0 Å². The predicted octanol–water partition coefficient (Wildman–Crippen LogP) is 3.22. The van der Waals surface area contributed by atoms with Gasteiger partial charge in [-0.15, -0.1) is 0 Å². The molecular weight excluding hydrogens is 304 g/mol. The Kier molecular flexibility index (Phi) is 4.88. The van der Waals surface area contributed by atoms with E-state index in [2.05, 4.69) is 0 Å². The zero-order valence-corrected chi connectivity index (χ0v) is 14.3. The molecule has 2 aromatic rings. The fraction of sp³-hybridized carbons (Fsp3) is 0.474. The number of rotatable bonds is 4. The van der Waals surface area contributed by atoms with Crippen molar-refractivity contribution in [2.24, 2.45) is 0 Å². The van der Waals surface area contributed by atoms with Crippen LogP contribution in [0, 0.1) is 0 Å². The summed E-state index contributed by atoms with van der Waals surface area (Å²) in [5.74, 6) is -0.252. The van der Waals surface area contributed by atoms with E-state index in [1.165, 1.54) is 6.42 Å². The minimum Gasteiger partial charge on any atom is -0.459 e. The van der Waals surface area contributed by atoms with Gasteiger partial charge in [-0.25, -0.2) is 4.79 Å².